The van der Waals surface area contributed by atoms with Crippen LogP contribution in [0.1, 0.15) is 27.2 Å². The molecular weight excluding hydrogens is 235 g/mol. The summed E-state index contributed by atoms with van der Waals surface area (Å²) >= 11 is 1.62. The Morgan fingerprint density at radius 3 is 2.88 bits per heavy atom. The van der Waals surface area contributed by atoms with E-state index >= 15 is 0 Å². The molecule has 0 spiro atoms. The number of thiophene rings is 1. The summed E-state index contributed by atoms with van der Waals surface area (Å²) in [6.07, 6.45) is 1.05. The summed E-state index contributed by atoms with van der Waals surface area (Å²) < 4.78 is 13.5. The second-order valence-corrected chi connectivity index (χ2v) is 5.02. The van der Waals surface area contributed by atoms with Crippen molar-refractivity contribution in [1.82, 2.24) is 0 Å². The maximum absolute atomic E-state index is 13.5. The van der Waals surface area contributed by atoms with E-state index in [-0.39, 0.29) is 11.3 Å². The van der Waals surface area contributed by atoms with Gasteiger partial charge in [-0.05, 0) is 36.9 Å². The molecule has 0 bridgehead atoms. The maximum Gasteiger partial charge on any atom is 0.166 e. The summed E-state index contributed by atoms with van der Waals surface area (Å²) in [5.74, 6) is -0.550. The Morgan fingerprint density at radius 1 is 1.35 bits per heavy atom. The predicted molar refractivity (Wildman–Crippen MR) is 68.1 cm³/mol. The van der Waals surface area contributed by atoms with E-state index in [1.807, 2.05) is 24.4 Å². The van der Waals surface area contributed by atoms with Gasteiger partial charge in [0.05, 0.1) is 5.56 Å². The summed E-state index contributed by atoms with van der Waals surface area (Å²) in [5.41, 5.74) is 1.12. The Morgan fingerprint density at radius 2 is 2.18 bits per heavy atom. The molecule has 0 aliphatic rings. The highest BCUT2D eigenvalue weighted by Crippen LogP contribution is 2.16. The fourth-order valence-corrected chi connectivity index (χ4v) is 2.39. The third-order valence-electron chi connectivity index (χ3n) is 2.60. The van der Waals surface area contributed by atoms with Crippen LogP contribution in [0.5, 0.6) is 0 Å². The monoisotopic (exact) mass is 248 g/mol. The second kappa shape index (κ2) is 5.23. The molecule has 0 unspecified atom stereocenters. The van der Waals surface area contributed by atoms with Crippen LogP contribution in [0.4, 0.5) is 4.39 Å². The molecule has 0 aliphatic heterocycles. The van der Waals surface area contributed by atoms with Gasteiger partial charge < -0.3 is 0 Å². The van der Waals surface area contributed by atoms with Crippen molar-refractivity contribution in [1.29, 1.82) is 0 Å². The zero-order valence-corrected chi connectivity index (χ0v) is 10.4. The quantitative estimate of drug-likeness (QED) is 0.747. The lowest BCUT2D eigenvalue weighted by Gasteiger charge is -2.03. The molecule has 0 N–H and O–H groups in total. The van der Waals surface area contributed by atoms with Crippen molar-refractivity contribution in [3.8, 4) is 0 Å². The number of hydrogen-bond donors (Lipinski definition) is 0. The molecule has 17 heavy (non-hydrogen) atoms. The van der Waals surface area contributed by atoms with E-state index in [4.69, 9.17) is 0 Å². The Kier molecular flexibility index (Phi) is 3.69. The molecule has 2 aromatic rings. The van der Waals surface area contributed by atoms with Crippen LogP contribution in [0.15, 0.2) is 35.7 Å². The van der Waals surface area contributed by atoms with Crippen molar-refractivity contribution in [3.63, 3.8) is 0 Å². The Labute approximate surface area is 104 Å². The highest BCUT2D eigenvalue weighted by molar-refractivity contribution is 7.09. The minimum Gasteiger partial charge on any atom is -0.294 e. The van der Waals surface area contributed by atoms with Crippen LogP contribution in [0.25, 0.3) is 0 Å². The number of ketones is 1. The van der Waals surface area contributed by atoms with Crippen LogP contribution in [0, 0.1) is 12.7 Å². The average Bonchev–Trinajstić information content (AvgIpc) is 2.82. The number of Topliss-reactive ketones (excluding diaryl/α,β-unsaturated/α-hetero) is 1. The average molecular weight is 248 g/mol. The van der Waals surface area contributed by atoms with Crippen molar-refractivity contribution >= 4 is 17.1 Å². The molecule has 0 aliphatic carbocycles. The molecule has 0 atom stereocenters. The highest BCUT2D eigenvalue weighted by Gasteiger charge is 2.11. The molecular formula is C14H13FOS. The van der Waals surface area contributed by atoms with E-state index in [2.05, 4.69) is 0 Å². The van der Waals surface area contributed by atoms with Crippen molar-refractivity contribution in [2.24, 2.45) is 0 Å². The number of carbonyl (C=O) groups is 1. The molecule has 1 aromatic heterocycles. The van der Waals surface area contributed by atoms with Gasteiger partial charge in [-0.25, -0.2) is 4.39 Å². The zero-order valence-electron chi connectivity index (χ0n) is 9.57. The van der Waals surface area contributed by atoms with Crippen molar-refractivity contribution in [2.75, 3.05) is 0 Å². The summed E-state index contributed by atoms with van der Waals surface area (Å²) in [7, 11) is 0. The van der Waals surface area contributed by atoms with Gasteiger partial charge in [-0.15, -0.1) is 11.3 Å². The van der Waals surface area contributed by atoms with Crippen LogP contribution >= 0.6 is 11.3 Å². The van der Waals surface area contributed by atoms with Crippen LogP contribution in [0.3, 0.4) is 0 Å². The van der Waals surface area contributed by atoms with Gasteiger partial charge >= 0.3 is 0 Å². The van der Waals surface area contributed by atoms with Crippen LogP contribution in [-0.4, -0.2) is 5.78 Å². The zero-order chi connectivity index (χ0) is 12.3. The molecule has 1 aromatic carbocycles. The number of halogens is 1. The predicted octanol–water partition coefficient (Wildman–Crippen LogP) is 4.01. The first kappa shape index (κ1) is 12.0. The molecule has 1 heterocycles. The van der Waals surface area contributed by atoms with E-state index in [9.17, 15) is 9.18 Å². The number of rotatable bonds is 4. The second-order valence-electron chi connectivity index (χ2n) is 3.99. The number of carbonyl (C=O) groups excluding carboxylic acids is 1. The van der Waals surface area contributed by atoms with Gasteiger partial charge in [0.25, 0.3) is 0 Å². The molecule has 0 fully saturated rings. The molecule has 0 saturated heterocycles. The minimum atomic E-state index is -0.424. The van der Waals surface area contributed by atoms with Crippen LogP contribution in [0.2, 0.25) is 0 Å². The third-order valence-corrected chi connectivity index (χ3v) is 3.54. The largest absolute Gasteiger partial charge is 0.294 e. The van der Waals surface area contributed by atoms with E-state index < -0.39 is 5.82 Å². The normalized spacial score (nSPS) is 10.5. The first-order valence-corrected chi connectivity index (χ1v) is 6.36. The first-order valence-electron chi connectivity index (χ1n) is 5.48. The van der Waals surface area contributed by atoms with Crippen molar-refractivity contribution in [3.05, 3.63) is 57.5 Å². The van der Waals surface area contributed by atoms with Crippen LogP contribution in [-0.2, 0) is 6.42 Å². The molecule has 0 amide bonds. The molecule has 88 valence electrons. The third kappa shape index (κ3) is 3.01. The number of benzene rings is 1. The van der Waals surface area contributed by atoms with Gasteiger partial charge in [-0.2, -0.15) is 0 Å². The first-order chi connectivity index (χ1) is 8.16. The summed E-state index contributed by atoms with van der Waals surface area (Å²) in [6.45, 7) is 1.86. The van der Waals surface area contributed by atoms with E-state index in [1.165, 1.54) is 6.07 Å². The van der Waals surface area contributed by atoms with Gasteiger partial charge in [0.2, 0.25) is 0 Å². The lowest BCUT2D eigenvalue weighted by atomic mass is 10.0. The van der Waals surface area contributed by atoms with Crippen molar-refractivity contribution < 1.29 is 9.18 Å². The fraction of sp³-hybridized carbons (Fsp3) is 0.214. The standard InChI is InChI=1S/C14H13FOS/c1-10-4-6-13(15)12(9-10)14(16)7-5-11-3-2-8-17-11/h2-4,6,8-9H,5,7H2,1H3. The van der Waals surface area contributed by atoms with Gasteiger partial charge in [0.1, 0.15) is 5.82 Å². The molecule has 1 nitrogen and oxygen atoms in total. The maximum atomic E-state index is 13.5. The number of aryl methyl sites for hydroxylation is 2. The summed E-state index contributed by atoms with van der Waals surface area (Å²) in [4.78, 5) is 13.0. The van der Waals surface area contributed by atoms with Crippen molar-refractivity contribution in [2.45, 2.75) is 19.8 Å². The number of hydrogen-bond acceptors (Lipinski definition) is 2. The summed E-state index contributed by atoms with van der Waals surface area (Å²) in [5, 5.41) is 1.98. The fourth-order valence-electron chi connectivity index (χ4n) is 1.68. The summed E-state index contributed by atoms with van der Waals surface area (Å²) in [6, 6.07) is 8.59. The molecule has 0 saturated carbocycles. The Balaban J connectivity index is 2.07. The van der Waals surface area contributed by atoms with Gasteiger partial charge in [-0.1, -0.05) is 17.7 Å². The van der Waals surface area contributed by atoms with Gasteiger partial charge in [0, 0.05) is 11.3 Å². The topological polar surface area (TPSA) is 17.1 Å². The lowest BCUT2D eigenvalue weighted by molar-refractivity contribution is 0.0979. The van der Waals surface area contributed by atoms with Gasteiger partial charge in [0.15, 0.2) is 5.78 Å². The Bertz CT molecular complexity index is 517. The lowest BCUT2D eigenvalue weighted by Crippen LogP contribution is -2.04. The molecule has 2 rings (SSSR count). The van der Waals surface area contributed by atoms with E-state index in [0.717, 1.165) is 10.4 Å². The molecule has 3 heteroatoms. The minimum absolute atomic E-state index is 0.125. The Hall–Kier alpha value is -1.48. The molecule has 0 radical (unpaired) electrons. The SMILES string of the molecule is Cc1ccc(F)c(C(=O)CCc2cccs2)c1. The van der Waals surface area contributed by atoms with E-state index in [1.54, 1.807) is 23.5 Å². The van der Waals surface area contributed by atoms with E-state index in [0.29, 0.717) is 12.8 Å². The smallest absolute Gasteiger partial charge is 0.166 e. The van der Waals surface area contributed by atoms with Crippen LogP contribution < -0.4 is 0 Å². The van der Waals surface area contributed by atoms with Gasteiger partial charge in [-0.3, -0.25) is 4.79 Å². The highest BCUT2D eigenvalue weighted by atomic mass is 32.1.